The van der Waals surface area contributed by atoms with E-state index < -0.39 is 7.82 Å². The minimum Gasteiger partial charge on any atom is -0.386 e. The summed E-state index contributed by atoms with van der Waals surface area (Å²) in [6.07, 6.45) is 0.750. The average Bonchev–Trinajstić information content (AvgIpc) is 2.73. The molecule has 7 heteroatoms. The molecule has 0 aliphatic carbocycles. The van der Waals surface area contributed by atoms with Crippen molar-refractivity contribution < 1.29 is 22.9 Å². The van der Waals surface area contributed by atoms with Crippen LogP contribution in [0, 0.1) is 20.8 Å². The van der Waals surface area contributed by atoms with Gasteiger partial charge in [-0.2, -0.15) is 4.57 Å². The van der Waals surface area contributed by atoms with Crippen LogP contribution in [-0.2, 0) is 9.36 Å². The maximum Gasteiger partial charge on any atom is 0.647 e. The Morgan fingerprint density at radius 3 is 1.03 bits per heavy atom. The maximum atomic E-state index is 13.3. The molecular formula is C24H28NO5P. The van der Waals surface area contributed by atoms with Gasteiger partial charge in [0.05, 0.1) is 0 Å². The fraction of sp³-hybridized carbons (Fsp3) is 0.208. The smallest absolute Gasteiger partial charge is 0.386 e. The minimum absolute atomic E-state index is 0.415. The first-order valence-electron chi connectivity index (χ1n) is 9.70. The van der Waals surface area contributed by atoms with Gasteiger partial charge in [0.25, 0.3) is 0 Å². The lowest BCUT2D eigenvalue weighted by molar-refractivity contribution is -0.115. The Labute approximate surface area is 184 Å². The summed E-state index contributed by atoms with van der Waals surface area (Å²) in [5.41, 5.74) is 3.23. The molecule has 0 heterocycles. The number of carbonyl (C=O) groups is 1. The minimum atomic E-state index is -3.93. The third-order valence-corrected chi connectivity index (χ3v) is 5.23. The van der Waals surface area contributed by atoms with Crippen molar-refractivity contribution in [1.82, 2.24) is 4.90 Å². The zero-order valence-electron chi connectivity index (χ0n) is 18.4. The number of hydrogen-bond acceptors (Lipinski definition) is 5. The van der Waals surface area contributed by atoms with Crippen LogP contribution in [0.15, 0.2) is 72.8 Å². The largest absolute Gasteiger partial charge is 0.647 e. The fourth-order valence-corrected chi connectivity index (χ4v) is 3.49. The van der Waals surface area contributed by atoms with E-state index in [9.17, 15) is 9.36 Å². The van der Waals surface area contributed by atoms with Gasteiger partial charge in [0, 0.05) is 14.1 Å². The van der Waals surface area contributed by atoms with Crippen LogP contribution in [0.1, 0.15) is 16.7 Å². The molecule has 0 bridgehead atoms. The molecule has 164 valence electrons. The predicted molar refractivity (Wildman–Crippen MR) is 123 cm³/mol. The summed E-state index contributed by atoms with van der Waals surface area (Å²) < 4.78 is 30.2. The molecule has 0 radical (unpaired) electrons. The van der Waals surface area contributed by atoms with Gasteiger partial charge in [-0.05, 0) is 57.2 Å². The van der Waals surface area contributed by atoms with Crippen molar-refractivity contribution >= 4 is 14.2 Å². The lowest BCUT2D eigenvalue weighted by atomic mass is 10.2. The Kier molecular flexibility index (Phi) is 8.71. The number of nitrogens with zero attached hydrogens (tertiary/aromatic N) is 1. The molecule has 0 saturated carbocycles. The third-order valence-electron chi connectivity index (χ3n) is 3.93. The quantitative estimate of drug-likeness (QED) is 0.334. The van der Waals surface area contributed by atoms with Crippen molar-refractivity contribution in [1.29, 1.82) is 0 Å². The summed E-state index contributed by atoms with van der Waals surface area (Å²) >= 11 is 0. The van der Waals surface area contributed by atoms with Crippen LogP contribution in [0.3, 0.4) is 0 Å². The topological polar surface area (TPSA) is 65.1 Å². The lowest BCUT2D eigenvalue weighted by Crippen LogP contribution is -2.07. The van der Waals surface area contributed by atoms with Crippen molar-refractivity contribution in [3.05, 3.63) is 89.5 Å². The Morgan fingerprint density at radius 2 is 0.839 bits per heavy atom. The highest BCUT2D eigenvalue weighted by atomic mass is 31.2. The molecule has 3 rings (SSSR count). The van der Waals surface area contributed by atoms with Gasteiger partial charge >= 0.3 is 7.82 Å². The monoisotopic (exact) mass is 441 g/mol. The van der Waals surface area contributed by atoms with E-state index in [-0.39, 0.29) is 0 Å². The molecule has 0 aliphatic rings. The van der Waals surface area contributed by atoms with Crippen molar-refractivity contribution in [3.63, 3.8) is 0 Å². The standard InChI is InChI=1S/C21H21O4P.C3H7NO/c1-16-4-10-19(11-5-16)23-26(22,24-20-12-6-17(2)7-13-20)25-21-14-8-18(3)9-15-21;1-4(2)3-5/h4-15H,1-3H3;3H,1-2H3. The number of rotatable bonds is 7. The van der Waals surface area contributed by atoms with Gasteiger partial charge in [-0.3, -0.25) is 4.79 Å². The molecule has 31 heavy (non-hydrogen) atoms. The van der Waals surface area contributed by atoms with Gasteiger partial charge in [0.2, 0.25) is 6.41 Å². The van der Waals surface area contributed by atoms with Crippen molar-refractivity contribution in [2.24, 2.45) is 0 Å². The van der Waals surface area contributed by atoms with Gasteiger partial charge in [-0.15, -0.1) is 0 Å². The van der Waals surface area contributed by atoms with E-state index in [1.807, 2.05) is 57.2 Å². The SMILES string of the molecule is CN(C)C=O.Cc1ccc(OP(=O)(Oc2ccc(C)cc2)Oc2ccc(C)cc2)cc1. The van der Waals surface area contributed by atoms with E-state index in [1.54, 1.807) is 50.5 Å². The maximum absolute atomic E-state index is 13.3. The average molecular weight is 441 g/mol. The normalized spacial score (nSPS) is 10.4. The van der Waals surface area contributed by atoms with Gasteiger partial charge in [-0.25, -0.2) is 0 Å². The van der Waals surface area contributed by atoms with Gasteiger partial charge in [0.15, 0.2) is 0 Å². The zero-order valence-corrected chi connectivity index (χ0v) is 19.3. The molecule has 1 amide bonds. The Bertz CT molecular complexity index is 877. The number of aryl methyl sites for hydroxylation is 3. The Hall–Kier alpha value is -3.24. The second-order valence-electron chi connectivity index (χ2n) is 7.23. The number of benzene rings is 3. The summed E-state index contributed by atoms with van der Waals surface area (Å²) in [4.78, 5) is 10.9. The van der Waals surface area contributed by atoms with E-state index in [0.29, 0.717) is 17.2 Å². The first-order valence-corrected chi connectivity index (χ1v) is 11.2. The van der Waals surface area contributed by atoms with Crippen LogP contribution < -0.4 is 13.6 Å². The van der Waals surface area contributed by atoms with Crippen molar-refractivity contribution in [2.75, 3.05) is 14.1 Å². The summed E-state index contributed by atoms with van der Waals surface area (Å²) in [5, 5.41) is 0. The van der Waals surface area contributed by atoms with Crippen molar-refractivity contribution in [2.45, 2.75) is 20.8 Å². The number of phosphoric acid groups is 1. The summed E-state index contributed by atoms with van der Waals surface area (Å²) in [5.74, 6) is 1.24. The van der Waals surface area contributed by atoms with Gasteiger partial charge in [-0.1, -0.05) is 53.1 Å². The Balaban J connectivity index is 0.000000614. The molecule has 0 aromatic heterocycles. The fourth-order valence-electron chi connectivity index (χ4n) is 2.24. The molecule has 0 atom stereocenters. The van der Waals surface area contributed by atoms with E-state index in [4.69, 9.17) is 13.6 Å². The van der Waals surface area contributed by atoms with E-state index >= 15 is 0 Å². The highest BCUT2D eigenvalue weighted by Gasteiger charge is 2.33. The van der Waals surface area contributed by atoms with Crippen LogP contribution in [-0.4, -0.2) is 25.4 Å². The zero-order chi connectivity index (χ0) is 22.9. The van der Waals surface area contributed by atoms with Crippen molar-refractivity contribution in [3.8, 4) is 17.2 Å². The molecule has 0 aliphatic heterocycles. The van der Waals surface area contributed by atoms with Gasteiger partial charge < -0.3 is 18.5 Å². The number of carbonyl (C=O) groups excluding carboxylic acids is 1. The molecule has 3 aromatic rings. The second-order valence-corrected chi connectivity index (χ2v) is 8.67. The molecule has 6 nitrogen and oxygen atoms in total. The van der Waals surface area contributed by atoms with E-state index in [1.165, 1.54) is 4.90 Å². The summed E-state index contributed by atoms with van der Waals surface area (Å²) in [6, 6.07) is 21.6. The lowest BCUT2D eigenvalue weighted by Gasteiger charge is -2.19. The number of amides is 1. The number of phosphoric ester groups is 1. The second kappa shape index (κ2) is 11.2. The summed E-state index contributed by atoms with van der Waals surface area (Å²) in [7, 11) is -0.555. The summed E-state index contributed by atoms with van der Waals surface area (Å²) in [6.45, 7) is 5.90. The van der Waals surface area contributed by atoms with E-state index in [2.05, 4.69) is 0 Å². The Morgan fingerprint density at radius 1 is 0.613 bits per heavy atom. The van der Waals surface area contributed by atoms with Crippen LogP contribution in [0.2, 0.25) is 0 Å². The molecule has 0 N–H and O–H groups in total. The first-order chi connectivity index (χ1) is 14.7. The number of hydrogen-bond donors (Lipinski definition) is 0. The van der Waals surface area contributed by atoms with E-state index in [0.717, 1.165) is 23.1 Å². The molecule has 0 unspecified atom stereocenters. The molecule has 3 aromatic carbocycles. The third kappa shape index (κ3) is 8.57. The van der Waals surface area contributed by atoms with Crippen LogP contribution in [0.5, 0.6) is 17.2 Å². The highest BCUT2D eigenvalue weighted by Crippen LogP contribution is 2.49. The molecule has 0 spiro atoms. The van der Waals surface area contributed by atoms with Gasteiger partial charge in [0.1, 0.15) is 17.2 Å². The molecule has 0 saturated heterocycles. The van der Waals surface area contributed by atoms with Crippen LogP contribution >= 0.6 is 7.82 Å². The predicted octanol–water partition coefficient (Wildman–Crippen LogP) is 5.96. The van der Waals surface area contributed by atoms with Crippen LogP contribution in [0.25, 0.3) is 0 Å². The molecular weight excluding hydrogens is 413 g/mol. The highest BCUT2D eigenvalue weighted by molar-refractivity contribution is 7.49. The van der Waals surface area contributed by atoms with Crippen LogP contribution in [0.4, 0.5) is 0 Å². The first kappa shape index (κ1) is 24.0. The molecule has 0 fully saturated rings.